The van der Waals surface area contributed by atoms with E-state index >= 15 is 0 Å². The minimum absolute atomic E-state index is 0.00201. The highest BCUT2D eigenvalue weighted by Gasteiger charge is 2.16. The standard InChI is InChI=1S/C27H30N8O4/c1-2-3-15-35-16-13-24(36)31-20-9-5-11-22(29-20)33-26(38)18-7-4-8-19(28-18)27(39)34-23-12-6-10-21(30-23)32-25(37)14-17-35/h4-12H,2-3,13-17H2,1H3,(H2,29,31,33,36,38)(H2,30,32,34,37,39). The molecule has 12 nitrogen and oxygen atoms in total. The molecule has 0 spiro atoms. The number of carbonyl (C=O) groups excluding carboxylic acids is 4. The second-order valence-corrected chi connectivity index (χ2v) is 8.92. The fourth-order valence-electron chi connectivity index (χ4n) is 3.84. The van der Waals surface area contributed by atoms with Crippen LogP contribution in [0.1, 0.15) is 53.6 Å². The molecule has 0 unspecified atom stereocenters. The van der Waals surface area contributed by atoms with Gasteiger partial charge in [0.05, 0.1) is 0 Å². The second kappa shape index (κ2) is 13.2. The predicted octanol–water partition coefficient (Wildman–Crippen LogP) is 3.15. The molecule has 0 radical (unpaired) electrons. The number of hydrogen-bond acceptors (Lipinski definition) is 8. The van der Waals surface area contributed by atoms with Crippen LogP contribution in [0.2, 0.25) is 0 Å². The Hall–Kier alpha value is -4.71. The van der Waals surface area contributed by atoms with Crippen LogP contribution in [-0.4, -0.2) is 63.1 Å². The maximum atomic E-state index is 12.8. The summed E-state index contributed by atoms with van der Waals surface area (Å²) in [5.41, 5.74) is 0.00403. The number of carbonyl (C=O) groups is 4. The zero-order chi connectivity index (χ0) is 27.6. The fraction of sp³-hybridized carbons (Fsp3) is 0.296. The lowest BCUT2D eigenvalue weighted by molar-refractivity contribution is -0.116. The van der Waals surface area contributed by atoms with E-state index in [1.165, 1.54) is 18.2 Å². The third kappa shape index (κ3) is 8.14. The average Bonchev–Trinajstić information content (AvgIpc) is 2.92. The number of rotatable bonds is 3. The smallest absolute Gasteiger partial charge is 0.275 e. The van der Waals surface area contributed by atoms with E-state index in [0.29, 0.717) is 13.1 Å². The quantitative estimate of drug-likeness (QED) is 0.402. The molecule has 0 saturated carbocycles. The van der Waals surface area contributed by atoms with Gasteiger partial charge < -0.3 is 26.2 Å². The highest BCUT2D eigenvalue weighted by molar-refractivity contribution is 6.06. The van der Waals surface area contributed by atoms with Gasteiger partial charge in [0.1, 0.15) is 34.7 Å². The Balaban J connectivity index is 1.59. The fourth-order valence-corrected chi connectivity index (χ4v) is 3.84. The number of fused-ring (bicyclic) bond motifs is 6. The molecule has 0 aromatic carbocycles. The van der Waals surface area contributed by atoms with E-state index < -0.39 is 11.8 Å². The van der Waals surface area contributed by atoms with Crippen LogP contribution >= 0.6 is 0 Å². The molecule has 4 N–H and O–H groups in total. The van der Waals surface area contributed by atoms with E-state index in [4.69, 9.17) is 0 Å². The van der Waals surface area contributed by atoms with Crippen molar-refractivity contribution in [2.75, 3.05) is 40.9 Å². The van der Waals surface area contributed by atoms with E-state index in [9.17, 15) is 19.2 Å². The summed E-state index contributed by atoms with van der Waals surface area (Å²) in [5, 5.41) is 10.8. The van der Waals surface area contributed by atoms with Crippen molar-refractivity contribution in [2.45, 2.75) is 32.6 Å². The molecular formula is C27H30N8O4. The Bertz CT molecular complexity index is 1270. The minimum atomic E-state index is -0.572. The lowest BCUT2D eigenvalue weighted by atomic mass is 10.2. The van der Waals surface area contributed by atoms with Crippen LogP contribution in [0.15, 0.2) is 54.6 Å². The molecule has 0 fully saturated rings. The van der Waals surface area contributed by atoms with Crippen molar-refractivity contribution in [3.63, 3.8) is 0 Å². The monoisotopic (exact) mass is 530 g/mol. The van der Waals surface area contributed by atoms with Gasteiger partial charge >= 0.3 is 0 Å². The minimum Gasteiger partial charge on any atom is -0.311 e. The normalized spacial score (nSPS) is 15.6. The van der Waals surface area contributed by atoms with Gasteiger partial charge in [0.15, 0.2) is 0 Å². The van der Waals surface area contributed by atoms with Crippen molar-refractivity contribution >= 4 is 46.9 Å². The SMILES string of the molecule is CCCCN1CCC(=O)Nc2cccc(n2)NC(=O)c2cccc(n2)C(=O)Nc2cccc(n2)NC(=O)CC1. The Morgan fingerprint density at radius 2 is 1.08 bits per heavy atom. The van der Waals surface area contributed by atoms with Gasteiger partial charge in [0.2, 0.25) is 11.8 Å². The Morgan fingerprint density at radius 1 is 0.641 bits per heavy atom. The van der Waals surface area contributed by atoms with Crippen molar-refractivity contribution in [3.05, 3.63) is 66.0 Å². The summed E-state index contributed by atoms with van der Waals surface area (Å²) in [5.74, 6) is -0.611. The molecule has 1 aliphatic rings. The summed E-state index contributed by atoms with van der Waals surface area (Å²) in [7, 11) is 0. The van der Waals surface area contributed by atoms with Crippen molar-refractivity contribution < 1.29 is 19.2 Å². The number of pyridine rings is 3. The molecule has 202 valence electrons. The average molecular weight is 531 g/mol. The van der Waals surface area contributed by atoms with Crippen LogP contribution in [-0.2, 0) is 9.59 Å². The molecule has 4 rings (SSSR count). The summed E-state index contributed by atoms with van der Waals surface area (Å²) in [4.78, 5) is 65.7. The highest BCUT2D eigenvalue weighted by Crippen LogP contribution is 2.14. The molecule has 4 heterocycles. The van der Waals surface area contributed by atoms with Gasteiger partial charge in [-0.15, -0.1) is 0 Å². The maximum Gasteiger partial charge on any atom is 0.275 e. The first-order valence-electron chi connectivity index (χ1n) is 12.8. The van der Waals surface area contributed by atoms with Gasteiger partial charge in [-0.25, -0.2) is 15.0 Å². The van der Waals surface area contributed by atoms with Gasteiger partial charge in [0, 0.05) is 25.9 Å². The molecule has 39 heavy (non-hydrogen) atoms. The first-order valence-corrected chi connectivity index (χ1v) is 12.8. The summed E-state index contributed by atoms with van der Waals surface area (Å²) in [6.07, 6.45) is 2.35. The van der Waals surface area contributed by atoms with E-state index in [-0.39, 0.29) is 59.3 Å². The summed E-state index contributed by atoms with van der Waals surface area (Å²) in [6, 6.07) is 14.2. The number of nitrogens with zero attached hydrogens (tertiary/aromatic N) is 4. The van der Waals surface area contributed by atoms with Crippen LogP contribution in [0.4, 0.5) is 23.3 Å². The van der Waals surface area contributed by atoms with Crippen LogP contribution in [0.5, 0.6) is 0 Å². The molecule has 0 atom stereocenters. The lowest BCUT2D eigenvalue weighted by Gasteiger charge is -2.21. The van der Waals surface area contributed by atoms with Gasteiger partial charge in [-0.05, 0) is 49.4 Å². The summed E-state index contributed by atoms with van der Waals surface area (Å²) in [6.45, 7) is 3.78. The number of amides is 4. The Morgan fingerprint density at radius 3 is 1.54 bits per heavy atom. The van der Waals surface area contributed by atoms with Crippen LogP contribution < -0.4 is 21.3 Å². The summed E-state index contributed by atoms with van der Waals surface area (Å²) < 4.78 is 0. The van der Waals surface area contributed by atoms with E-state index in [2.05, 4.69) is 48.0 Å². The van der Waals surface area contributed by atoms with E-state index in [0.717, 1.165) is 19.4 Å². The van der Waals surface area contributed by atoms with Gasteiger partial charge in [-0.2, -0.15) is 0 Å². The predicted molar refractivity (Wildman–Crippen MR) is 146 cm³/mol. The zero-order valence-electron chi connectivity index (χ0n) is 21.6. The molecule has 3 aromatic rings. The molecular weight excluding hydrogens is 500 g/mol. The first kappa shape index (κ1) is 27.3. The molecule has 0 saturated heterocycles. The van der Waals surface area contributed by atoms with Crippen molar-refractivity contribution in [3.8, 4) is 0 Å². The number of anilines is 4. The van der Waals surface area contributed by atoms with Crippen molar-refractivity contribution in [2.24, 2.45) is 0 Å². The molecule has 0 aliphatic carbocycles. The largest absolute Gasteiger partial charge is 0.311 e. The topological polar surface area (TPSA) is 158 Å². The van der Waals surface area contributed by atoms with Gasteiger partial charge in [-0.3, -0.25) is 19.2 Å². The van der Waals surface area contributed by atoms with Gasteiger partial charge in [0.25, 0.3) is 11.8 Å². The maximum absolute atomic E-state index is 12.8. The van der Waals surface area contributed by atoms with Crippen LogP contribution in [0, 0.1) is 0 Å². The third-order valence-corrected chi connectivity index (χ3v) is 5.87. The van der Waals surface area contributed by atoms with E-state index in [1.54, 1.807) is 36.4 Å². The second-order valence-electron chi connectivity index (χ2n) is 8.92. The van der Waals surface area contributed by atoms with Crippen molar-refractivity contribution in [1.82, 2.24) is 19.9 Å². The van der Waals surface area contributed by atoms with Crippen molar-refractivity contribution in [1.29, 1.82) is 0 Å². The third-order valence-electron chi connectivity index (χ3n) is 5.87. The Kier molecular flexibility index (Phi) is 9.25. The molecule has 6 bridgehead atoms. The zero-order valence-corrected chi connectivity index (χ0v) is 21.6. The number of unbranched alkanes of at least 4 members (excludes halogenated alkanes) is 1. The molecule has 1 aliphatic heterocycles. The molecule has 3 aromatic heterocycles. The van der Waals surface area contributed by atoms with Crippen LogP contribution in [0.3, 0.4) is 0 Å². The number of hydrogen-bond donors (Lipinski definition) is 4. The lowest BCUT2D eigenvalue weighted by Crippen LogP contribution is -2.32. The summed E-state index contributed by atoms with van der Waals surface area (Å²) >= 11 is 0. The van der Waals surface area contributed by atoms with Gasteiger partial charge in [-0.1, -0.05) is 31.5 Å². The first-order chi connectivity index (χ1) is 18.9. The molecule has 12 heteroatoms. The number of nitrogens with one attached hydrogen (secondary N) is 4. The Labute approximate surface area is 225 Å². The number of aromatic nitrogens is 3. The highest BCUT2D eigenvalue weighted by atomic mass is 16.2. The molecule has 4 amide bonds. The van der Waals surface area contributed by atoms with Crippen LogP contribution in [0.25, 0.3) is 0 Å². The van der Waals surface area contributed by atoms with E-state index in [1.807, 2.05) is 0 Å².